The van der Waals surface area contributed by atoms with Crippen LogP contribution in [0.2, 0.25) is 0 Å². The first kappa shape index (κ1) is 25.5. The smallest absolute Gasteiger partial charge is 0.410 e. The molecule has 2 rings (SSSR count). The molecule has 0 unspecified atom stereocenters. The molecule has 0 aromatic heterocycles. The maximum atomic E-state index is 12.4. The number of hydrogen-bond donors (Lipinski definition) is 2. The van der Waals surface area contributed by atoms with Crippen molar-refractivity contribution in [3.63, 3.8) is 0 Å². The summed E-state index contributed by atoms with van der Waals surface area (Å²) in [7, 11) is 3.42. The molecule has 1 aromatic rings. The minimum atomic E-state index is -0.477. The molecule has 1 heterocycles. The number of carbonyl (C=O) groups excluding carboxylic acids is 2. The lowest BCUT2D eigenvalue weighted by molar-refractivity contribution is 0.0214. The van der Waals surface area contributed by atoms with Gasteiger partial charge in [-0.1, -0.05) is 12.1 Å². The van der Waals surface area contributed by atoms with Crippen molar-refractivity contribution in [2.45, 2.75) is 52.7 Å². The lowest BCUT2D eigenvalue weighted by Gasteiger charge is -2.36. The summed E-state index contributed by atoms with van der Waals surface area (Å²) < 4.78 is 5.54. The molecule has 8 heteroatoms. The van der Waals surface area contributed by atoms with Crippen LogP contribution in [0.4, 0.5) is 4.79 Å². The van der Waals surface area contributed by atoms with Crippen LogP contribution >= 0.6 is 0 Å². The fraction of sp³-hybridized carbons (Fsp3) is 0.625. The molecule has 0 radical (unpaired) electrons. The highest BCUT2D eigenvalue weighted by molar-refractivity contribution is 5.93. The van der Waals surface area contributed by atoms with Gasteiger partial charge in [-0.2, -0.15) is 0 Å². The maximum Gasteiger partial charge on any atom is 0.410 e. The molecule has 1 aliphatic rings. The Bertz CT molecular complexity index is 778. The summed E-state index contributed by atoms with van der Waals surface area (Å²) in [6.45, 7) is 11.5. The van der Waals surface area contributed by atoms with Gasteiger partial charge in [0.15, 0.2) is 5.96 Å². The number of likely N-dealkylation sites (tertiary alicyclic amines) is 1. The number of guanidine groups is 1. The number of aliphatic imine (C=N–C) groups is 1. The Labute approximate surface area is 192 Å². The fourth-order valence-corrected chi connectivity index (χ4v) is 3.73. The first-order valence-electron chi connectivity index (χ1n) is 11.4. The largest absolute Gasteiger partial charge is 0.444 e. The number of nitrogens with one attached hydrogen (secondary N) is 2. The van der Waals surface area contributed by atoms with Crippen LogP contribution in [0.25, 0.3) is 0 Å². The summed E-state index contributed by atoms with van der Waals surface area (Å²) in [5.74, 6) is 1.24. The van der Waals surface area contributed by atoms with Crippen molar-refractivity contribution >= 4 is 18.0 Å². The minimum Gasteiger partial charge on any atom is -0.444 e. The number of rotatable bonds is 6. The Morgan fingerprint density at radius 1 is 1.19 bits per heavy atom. The van der Waals surface area contributed by atoms with E-state index in [2.05, 4.69) is 20.5 Å². The van der Waals surface area contributed by atoms with Crippen molar-refractivity contribution < 1.29 is 14.3 Å². The fourth-order valence-electron chi connectivity index (χ4n) is 3.73. The summed E-state index contributed by atoms with van der Waals surface area (Å²) in [6.07, 6.45) is 1.77. The highest BCUT2D eigenvalue weighted by atomic mass is 16.6. The van der Waals surface area contributed by atoms with E-state index >= 15 is 0 Å². The second-order valence-electron chi connectivity index (χ2n) is 9.13. The van der Waals surface area contributed by atoms with Crippen molar-refractivity contribution in [3.8, 4) is 0 Å². The summed E-state index contributed by atoms with van der Waals surface area (Å²) in [5, 5.41) is 6.05. The molecular weight excluding hydrogens is 406 g/mol. The number of hydrogen-bond acceptors (Lipinski definition) is 4. The molecule has 2 amide bonds. The van der Waals surface area contributed by atoms with Crippen molar-refractivity contribution in [1.82, 2.24) is 20.4 Å². The Kier molecular flexibility index (Phi) is 9.35. The zero-order chi connectivity index (χ0) is 23.7. The van der Waals surface area contributed by atoms with Crippen molar-refractivity contribution in [1.29, 1.82) is 0 Å². The zero-order valence-corrected chi connectivity index (χ0v) is 20.4. The van der Waals surface area contributed by atoms with Crippen molar-refractivity contribution in [3.05, 3.63) is 35.4 Å². The normalized spacial score (nSPS) is 15.3. The number of ether oxygens (including phenoxy) is 1. The van der Waals surface area contributed by atoms with E-state index in [9.17, 15) is 9.59 Å². The molecule has 0 bridgehead atoms. The number of benzene rings is 1. The molecular formula is C24H39N5O3. The Balaban J connectivity index is 1.83. The highest BCUT2D eigenvalue weighted by Crippen LogP contribution is 2.20. The van der Waals surface area contributed by atoms with E-state index in [1.807, 2.05) is 52.0 Å². The third-order valence-electron chi connectivity index (χ3n) is 5.53. The Morgan fingerprint density at radius 2 is 1.81 bits per heavy atom. The van der Waals surface area contributed by atoms with Crippen LogP contribution in [0.3, 0.4) is 0 Å². The molecule has 1 fully saturated rings. The van der Waals surface area contributed by atoms with Gasteiger partial charge in [-0.25, -0.2) is 4.79 Å². The summed E-state index contributed by atoms with van der Waals surface area (Å²) >= 11 is 0. The second-order valence-corrected chi connectivity index (χ2v) is 9.13. The average Bonchev–Trinajstić information content (AvgIpc) is 2.77. The molecule has 2 N–H and O–H groups in total. The van der Waals surface area contributed by atoms with Crippen LogP contribution in [-0.4, -0.2) is 73.6 Å². The van der Waals surface area contributed by atoms with E-state index in [4.69, 9.17) is 4.74 Å². The first-order valence-corrected chi connectivity index (χ1v) is 11.4. The van der Waals surface area contributed by atoms with E-state index in [1.54, 1.807) is 19.0 Å². The molecule has 0 spiro atoms. The summed E-state index contributed by atoms with van der Waals surface area (Å²) in [4.78, 5) is 32.6. The SMILES string of the molecule is CCN(CC1CCN(C(=NC)NCc2ccc(C(=O)NC)cc2)CC1)C(=O)OC(C)(C)C. The van der Waals surface area contributed by atoms with E-state index in [1.165, 1.54) is 0 Å². The van der Waals surface area contributed by atoms with E-state index in [0.717, 1.165) is 44.0 Å². The van der Waals surface area contributed by atoms with Crippen molar-refractivity contribution in [2.75, 3.05) is 40.3 Å². The number of amides is 2. The van der Waals surface area contributed by atoms with Crippen LogP contribution in [0.1, 0.15) is 56.5 Å². The maximum absolute atomic E-state index is 12.4. The Hall–Kier alpha value is -2.77. The predicted molar refractivity (Wildman–Crippen MR) is 128 cm³/mol. The number of piperidine rings is 1. The lowest BCUT2D eigenvalue weighted by Crippen LogP contribution is -2.47. The van der Waals surface area contributed by atoms with E-state index in [-0.39, 0.29) is 12.0 Å². The van der Waals surface area contributed by atoms with Gasteiger partial charge in [-0.3, -0.25) is 9.79 Å². The summed E-state index contributed by atoms with van der Waals surface area (Å²) in [6, 6.07) is 7.56. The van der Waals surface area contributed by atoms with Gasteiger partial charge in [0, 0.05) is 52.4 Å². The van der Waals surface area contributed by atoms with Crippen LogP contribution in [0, 0.1) is 5.92 Å². The van der Waals surface area contributed by atoms with Gasteiger partial charge in [-0.05, 0) is 64.2 Å². The third kappa shape index (κ3) is 7.73. The minimum absolute atomic E-state index is 0.0866. The molecule has 178 valence electrons. The lowest BCUT2D eigenvalue weighted by atomic mass is 9.96. The van der Waals surface area contributed by atoms with Crippen LogP contribution in [0.5, 0.6) is 0 Å². The van der Waals surface area contributed by atoms with E-state index < -0.39 is 5.60 Å². The van der Waals surface area contributed by atoms with Gasteiger partial charge in [0.05, 0.1) is 0 Å². The molecule has 8 nitrogen and oxygen atoms in total. The molecule has 32 heavy (non-hydrogen) atoms. The molecule has 0 aliphatic carbocycles. The van der Waals surface area contributed by atoms with Gasteiger partial charge in [0.1, 0.15) is 5.60 Å². The quantitative estimate of drug-likeness (QED) is 0.519. The molecule has 0 saturated carbocycles. The van der Waals surface area contributed by atoms with Crippen LogP contribution < -0.4 is 10.6 Å². The number of nitrogens with zero attached hydrogens (tertiary/aromatic N) is 3. The number of carbonyl (C=O) groups is 2. The van der Waals surface area contributed by atoms with Crippen LogP contribution in [0.15, 0.2) is 29.3 Å². The monoisotopic (exact) mass is 445 g/mol. The highest BCUT2D eigenvalue weighted by Gasteiger charge is 2.27. The summed E-state index contributed by atoms with van der Waals surface area (Å²) in [5.41, 5.74) is 1.26. The van der Waals surface area contributed by atoms with Gasteiger partial charge < -0.3 is 25.2 Å². The van der Waals surface area contributed by atoms with Gasteiger partial charge >= 0.3 is 6.09 Å². The standard InChI is InChI=1S/C24H39N5O3/c1-7-28(23(31)32-24(2,3)4)17-19-12-14-29(15-13-19)22(26-6)27-16-18-8-10-20(11-9-18)21(30)25-5/h8-11,19H,7,12-17H2,1-6H3,(H,25,30)(H,26,27). The van der Waals surface area contributed by atoms with Gasteiger partial charge in [-0.15, -0.1) is 0 Å². The Morgan fingerprint density at radius 3 is 2.31 bits per heavy atom. The molecule has 0 atom stereocenters. The predicted octanol–water partition coefficient (Wildman–Crippen LogP) is 3.09. The average molecular weight is 446 g/mol. The second kappa shape index (κ2) is 11.7. The topological polar surface area (TPSA) is 86.3 Å². The van der Waals surface area contributed by atoms with Gasteiger partial charge in [0.25, 0.3) is 5.91 Å². The van der Waals surface area contributed by atoms with Gasteiger partial charge in [0.2, 0.25) is 0 Å². The zero-order valence-electron chi connectivity index (χ0n) is 20.4. The van der Waals surface area contributed by atoms with Crippen LogP contribution in [-0.2, 0) is 11.3 Å². The van der Waals surface area contributed by atoms with Crippen molar-refractivity contribution in [2.24, 2.45) is 10.9 Å². The molecule has 1 aliphatic heterocycles. The molecule has 1 aromatic carbocycles. The van der Waals surface area contributed by atoms with E-state index in [0.29, 0.717) is 24.6 Å². The molecule has 1 saturated heterocycles. The third-order valence-corrected chi connectivity index (χ3v) is 5.53. The first-order chi connectivity index (χ1) is 15.2.